The molecule has 0 amide bonds. The van der Waals surface area contributed by atoms with Gasteiger partial charge in [-0.05, 0) is 18.5 Å². The molecule has 0 unspecified atom stereocenters. The Bertz CT molecular complexity index is 604. The molecule has 0 N–H and O–H groups in total. The van der Waals surface area contributed by atoms with Gasteiger partial charge in [-0.15, -0.1) is 0 Å². The van der Waals surface area contributed by atoms with Crippen LogP contribution in [0.4, 0.5) is 0 Å². The molecule has 23 heavy (non-hydrogen) atoms. The van der Waals surface area contributed by atoms with E-state index >= 15 is 0 Å². The minimum Gasteiger partial charge on any atom is -0.491 e. The molecule has 0 aliphatic carbocycles. The van der Waals surface area contributed by atoms with Crippen LogP contribution in [-0.2, 0) is 4.74 Å². The lowest BCUT2D eigenvalue weighted by atomic mass is 10.1. The molecule has 1 saturated heterocycles. The monoisotopic (exact) mass is 314 g/mol. The molecular formula is C19H26N2O2. The summed E-state index contributed by atoms with van der Waals surface area (Å²) in [7, 11) is 2.18. The highest BCUT2D eigenvalue weighted by Gasteiger charge is 2.12. The average molecular weight is 314 g/mol. The third kappa shape index (κ3) is 4.67. The third-order valence-corrected chi connectivity index (χ3v) is 4.38. The van der Waals surface area contributed by atoms with Gasteiger partial charge in [-0.1, -0.05) is 36.4 Å². The van der Waals surface area contributed by atoms with Crippen molar-refractivity contribution in [3.05, 3.63) is 42.5 Å². The lowest BCUT2D eigenvalue weighted by Crippen LogP contribution is -2.45. The van der Waals surface area contributed by atoms with E-state index in [1.165, 1.54) is 5.39 Å². The van der Waals surface area contributed by atoms with Gasteiger partial charge in [-0.3, -0.25) is 4.90 Å². The molecule has 0 saturated carbocycles. The molecule has 1 fully saturated rings. The van der Waals surface area contributed by atoms with Crippen molar-refractivity contribution >= 4 is 10.8 Å². The molecule has 0 radical (unpaired) electrons. The van der Waals surface area contributed by atoms with Crippen LogP contribution in [-0.4, -0.2) is 69.4 Å². The molecule has 1 heterocycles. The number of rotatable bonds is 7. The fraction of sp³-hybridized carbons (Fsp3) is 0.474. The first kappa shape index (κ1) is 16.2. The molecule has 124 valence electrons. The second-order valence-electron chi connectivity index (χ2n) is 6.08. The van der Waals surface area contributed by atoms with Crippen molar-refractivity contribution in [2.45, 2.75) is 0 Å². The zero-order valence-electron chi connectivity index (χ0n) is 13.9. The van der Waals surface area contributed by atoms with Crippen molar-refractivity contribution < 1.29 is 9.47 Å². The van der Waals surface area contributed by atoms with Crippen molar-refractivity contribution in [3.63, 3.8) is 0 Å². The number of likely N-dealkylation sites (N-methyl/N-ethyl adjacent to an activating group) is 1. The Kier molecular flexibility index (Phi) is 5.86. The summed E-state index contributed by atoms with van der Waals surface area (Å²) in [5.41, 5.74) is 0. The van der Waals surface area contributed by atoms with Gasteiger partial charge in [0.15, 0.2) is 0 Å². The van der Waals surface area contributed by atoms with Gasteiger partial charge in [0, 0.05) is 38.1 Å². The van der Waals surface area contributed by atoms with Crippen LogP contribution in [0, 0.1) is 0 Å². The van der Waals surface area contributed by atoms with Gasteiger partial charge in [0.2, 0.25) is 0 Å². The Morgan fingerprint density at radius 2 is 1.65 bits per heavy atom. The Hall–Kier alpha value is -1.62. The van der Waals surface area contributed by atoms with Crippen LogP contribution >= 0.6 is 0 Å². The van der Waals surface area contributed by atoms with Gasteiger partial charge < -0.3 is 14.4 Å². The molecule has 3 rings (SSSR count). The maximum atomic E-state index is 5.88. The predicted octanol–water partition coefficient (Wildman–Crippen LogP) is 2.48. The normalized spacial score (nSPS) is 16.7. The summed E-state index contributed by atoms with van der Waals surface area (Å²) in [5, 5.41) is 2.37. The highest BCUT2D eigenvalue weighted by atomic mass is 16.5. The quantitative estimate of drug-likeness (QED) is 0.733. The SMILES string of the molecule is CN1CCN(CCOCCOc2cccc3ccccc23)CC1. The van der Waals surface area contributed by atoms with E-state index in [9.17, 15) is 0 Å². The number of hydrogen-bond acceptors (Lipinski definition) is 4. The smallest absolute Gasteiger partial charge is 0.127 e. The lowest BCUT2D eigenvalue weighted by Gasteiger charge is -2.32. The van der Waals surface area contributed by atoms with Gasteiger partial charge >= 0.3 is 0 Å². The Balaban J connectivity index is 1.35. The van der Waals surface area contributed by atoms with Crippen molar-refractivity contribution in [1.29, 1.82) is 0 Å². The maximum absolute atomic E-state index is 5.88. The number of fused-ring (bicyclic) bond motifs is 1. The Morgan fingerprint density at radius 1 is 0.870 bits per heavy atom. The zero-order valence-corrected chi connectivity index (χ0v) is 13.9. The first-order valence-corrected chi connectivity index (χ1v) is 8.42. The number of benzene rings is 2. The average Bonchev–Trinajstić information content (AvgIpc) is 2.59. The van der Waals surface area contributed by atoms with Gasteiger partial charge in [0.05, 0.1) is 13.2 Å². The van der Waals surface area contributed by atoms with Crippen molar-refractivity contribution in [2.75, 3.05) is 59.6 Å². The van der Waals surface area contributed by atoms with Crippen molar-refractivity contribution in [1.82, 2.24) is 9.80 Å². The Morgan fingerprint density at radius 3 is 2.52 bits per heavy atom. The van der Waals surface area contributed by atoms with E-state index in [1.54, 1.807) is 0 Å². The molecule has 0 bridgehead atoms. The third-order valence-electron chi connectivity index (χ3n) is 4.38. The van der Waals surface area contributed by atoms with E-state index in [2.05, 4.69) is 35.0 Å². The number of ether oxygens (including phenoxy) is 2. The molecule has 2 aromatic carbocycles. The fourth-order valence-corrected chi connectivity index (χ4v) is 2.90. The van der Waals surface area contributed by atoms with Crippen molar-refractivity contribution in [2.24, 2.45) is 0 Å². The number of piperazine rings is 1. The minimum absolute atomic E-state index is 0.594. The van der Waals surface area contributed by atoms with Gasteiger partial charge in [-0.25, -0.2) is 0 Å². The van der Waals surface area contributed by atoms with E-state index in [-0.39, 0.29) is 0 Å². The van der Waals surface area contributed by atoms with E-state index in [0.29, 0.717) is 13.2 Å². The van der Waals surface area contributed by atoms with Crippen LogP contribution < -0.4 is 4.74 Å². The van der Waals surface area contributed by atoms with Crippen LogP contribution in [0.2, 0.25) is 0 Å². The number of nitrogens with zero attached hydrogens (tertiary/aromatic N) is 2. The maximum Gasteiger partial charge on any atom is 0.127 e. The van der Waals surface area contributed by atoms with E-state index in [4.69, 9.17) is 9.47 Å². The standard InChI is InChI=1S/C19H26N2O2/c1-20-9-11-21(12-10-20)13-14-22-15-16-23-19-8-4-6-17-5-2-3-7-18(17)19/h2-8H,9-16H2,1H3. The van der Waals surface area contributed by atoms with E-state index in [1.807, 2.05) is 24.3 Å². The van der Waals surface area contributed by atoms with Gasteiger partial charge in [-0.2, -0.15) is 0 Å². The first-order chi connectivity index (χ1) is 11.3. The van der Waals surface area contributed by atoms with Crippen molar-refractivity contribution in [3.8, 4) is 5.75 Å². The lowest BCUT2D eigenvalue weighted by molar-refractivity contribution is 0.0660. The summed E-state index contributed by atoms with van der Waals surface area (Å²) in [6.07, 6.45) is 0. The highest BCUT2D eigenvalue weighted by Crippen LogP contribution is 2.24. The van der Waals surface area contributed by atoms with E-state index < -0.39 is 0 Å². The van der Waals surface area contributed by atoms with Crippen LogP contribution in [0.25, 0.3) is 10.8 Å². The van der Waals surface area contributed by atoms with Gasteiger partial charge in [0.25, 0.3) is 0 Å². The molecule has 0 aromatic heterocycles. The molecular weight excluding hydrogens is 288 g/mol. The second-order valence-corrected chi connectivity index (χ2v) is 6.08. The van der Waals surface area contributed by atoms with Crippen LogP contribution in [0.15, 0.2) is 42.5 Å². The molecule has 4 heteroatoms. The molecule has 2 aromatic rings. The van der Waals surface area contributed by atoms with E-state index in [0.717, 1.165) is 50.5 Å². The van der Waals surface area contributed by atoms with Crippen LogP contribution in [0.3, 0.4) is 0 Å². The van der Waals surface area contributed by atoms with Gasteiger partial charge in [0.1, 0.15) is 12.4 Å². The highest BCUT2D eigenvalue weighted by molar-refractivity contribution is 5.88. The topological polar surface area (TPSA) is 24.9 Å². The predicted molar refractivity (Wildman–Crippen MR) is 94.2 cm³/mol. The Labute approximate surface area is 138 Å². The molecule has 1 aliphatic rings. The largest absolute Gasteiger partial charge is 0.491 e. The summed E-state index contributed by atoms with van der Waals surface area (Å²) in [5.74, 6) is 0.936. The summed E-state index contributed by atoms with van der Waals surface area (Å²) in [6, 6.07) is 14.5. The molecule has 4 nitrogen and oxygen atoms in total. The summed E-state index contributed by atoms with van der Waals surface area (Å²) in [4.78, 5) is 4.83. The summed E-state index contributed by atoms with van der Waals surface area (Å²) < 4.78 is 11.6. The summed E-state index contributed by atoms with van der Waals surface area (Å²) >= 11 is 0. The molecule has 1 aliphatic heterocycles. The zero-order chi connectivity index (χ0) is 15.9. The first-order valence-electron chi connectivity index (χ1n) is 8.42. The molecule has 0 spiro atoms. The summed E-state index contributed by atoms with van der Waals surface area (Å²) in [6.45, 7) is 7.63. The van der Waals surface area contributed by atoms with Crippen LogP contribution in [0.1, 0.15) is 0 Å². The number of hydrogen-bond donors (Lipinski definition) is 0. The van der Waals surface area contributed by atoms with Crippen LogP contribution in [0.5, 0.6) is 5.75 Å². The fourth-order valence-electron chi connectivity index (χ4n) is 2.90. The second kappa shape index (κ2) is 8.29. The molecule has 0 atom stereocenters. The minimum atomic E-state index is 0.594.